The van der Waals surface area contributed by atoms with Crippen LogP contribution in [0.15, 0.2) is 114 Å². The number of halogens is 1. The molecule has 0 fully saturated rings. The number of aromatic nitrogens is 3. The minimum Gasteiger partial charge on any atom is -0.497 e. The maximum Gasteiger partial charge on any atom is 0.196 e. The highest BCUT2D eigenvalue weighted by molar-refractivity contribution is 7.98. The van der Waals surface area contributed by atoms with E-state index in [1.165, 1.54) is 0 Å². The third-order valence-electron chi connectivity index (χ3n) is 5.24. The van der Waals surface area contributed by atoms with Crippen LogP contribution in [0, 0.1) is 0 Å². The highest BCUT2D eigenvalue weighted by Gasteiger charge is 2.16. The van der Waals surface area contributed by atoms with Crippen LogP contribution in [0.4, 0.5) is 0 Å². The summed E-state index contributed by atoms with van der Waals surface area (Å²) in [6.45, 7) is 0. The molecule has 0 radical (unpaired) electrons. The number of benzene rings is 4. The second kappa shape index (κ2) is 11.6. The summed E-state index contributed by atoms with van der Waals surface area (Å²) in [5, 5.41) is 9.89. The van der Waals surface area contributed by atoms with Gasteiger partial charge in [0.25, 0.3) is 0 Å². The third-order valence-corrected chi connectivity index (χ3v) is 6.24. The Balaban J connectivity index is 0.00000289. The predicted molar refractivity (Wildman–Crippen MR) is 143 cm³/mol. The van der Waals surface area contributed by atoms with E-state index in [1.54, 1.807) is 18.9 Å². The maximum absolute atomic E-state index is 5.99. The molecule has 35 heavy (non-hydrogen) atoms. The standard InChI is InChI=1S/C28H23N3O2S.ClH/c1-32-24-17-15-22(16-18-24)27-29-30-28(31(27)23-10-4-2-5-11-23)34-20-21-9-8-14-26(19-21)33-25-12-6-3-7-13-25;/h2-19H,20H2,1H3;1H. The molecule has 0 aliphatic heterocycles. The van der Waals surface area contributed by atoms with Crippen LogP contribution >= 0.6 is 24.2 Å². The lowest BCUT2D eigenvalue weighted by Gasteiger charge is -2.11. The van der Waals surface area contributed by atoms with Crippen molar-refractivity contribution >= 4 is 24.2 Å². The number of para-hydroxylation sites is 2. The van der Waals surface area contributed by atoms with E-state index < -0.39 is 0 Å². The molecular formula is C28H24ClN3O2S. The van der Waals surface area contributed by atoms with Crippen molar-refractivity contribution in [1.29, 1.82) is 0 Å². The van der Waals surface area contributed by atoms with Crippen molar-refractivity contribution in [2.45, 2.75) is 10.9 Å². The highest BCUT2D eigenvalue weighted by atomic mass is 35.5. The molecule has 0 aliphatic carbocycles. The van der Waals surface area contributed by atoms with E-state index in [1.807, 2.05) is 84.9 Å². The van der Waals surface area contributed by atoms with E-state index in [9.17, 15) is 0 Å². The molecule has 0 spiro atoms. The largest absolute Gasteiger partial charge is 0.497 e. The lowest BCUT2D eigenvalue weighted by atomic mass is 10.2. The molecule has 0 bridgehead atoms. The Morgan fingerprint density at radius 3 is 2.11 bits per heavy atom. The molecule has 0 N–H and O–H groups in total. The topological polar surface area (TPSA) is 49.2 Å². The first kappa shape index (κ1) is 24.4. The van der Waals surface area contributed by atoms with Gasteiger partial charge in [-0.2, -0.15) is 0 Å². The highest BCUT2D eigenvalue weighted by Crippen LogP contribution is 2.31. The SMILES string of the molecule is COc1ccc(-c2nnc(SCc3cccc(Oc4ccccc4)c3)n2-c2ccccc2)cc1.Cl. The summed E-state index contributed by atoms with van der Waals surface area (Å²) in [4.78, 5) is 0. The van der Waals surface area contributed by atoms with Gasteiger partial charge < -0.3 is 9.47 Å². The average molecular weight is 502 g/mol. The van der Waals surface area contributed by atoms with Crippen LogP contribution in [0.1, 0.15) is 5.56 Å². The molecule has 4 aromatic carbocycles. The van der Waals surface area contributed by atoms with E-state index in [-0.39, 0.29) is 12.4 Å². The van der Waals surface area contributed by atoms with Gasteiger partial charge in [-0.15, -0.1) is 22.6 Å². The molecule has 1 aromatic heterocycles. The smallest absolute Gasteiger partial charge is 0.196 e. The van der Waals surface area contributed by atoms with Gasteiger partial charge in [0.05, 0.1) is 7.11 Å². The first-order chi connectivity index (χ1) is 16.8. The quantitative estimate of drug-likeness (QED) is 0.207. The zero-order valence-corrected chi connectivity index (χ0v) is 20.7. The second-order valence-electron chi connectivity index (χ2n) is 7.56. The van der Waals surface area contributed by atoms with Crippen molar-refractivity contribution in [3.05, 3.63) is 115 Å². The Morgan fingerprint density at radius 1 is 0.714 bits per heavy atom. The molecule has 1 heterocycles. The van der Waals surface area contributed by atoms with Crippen molar-refractivity contribution in [3.63, 3.8) is 0 Å². The van der Waals surface area contributed by atoms with Gasteiger partial charge in [-0.05, 0) is 66.2 Å². The van der Waals surface area contributed by atoms with Crippen LogP contribution in [0.25, 0.3) is 17.1 Å². The number of hydrogen-bond donors (Lipinski definition) is 0. The lowest BCUT2D eigenvalue weighted by molar-refractivity contribution is 0.415. The average Bonchev–Trinajstić information content (AvgIpc) is 3.33. The summed E-state index contributed by atoms with van der Waals surface area (Å²) >= 11 is 1.64. The Morgan fingerprint density at radius 2 is 1.40 bits per heavy atom. The fraction of sp³-hybridized carbons (Fsp3) is 0.0714. The summed E-state index contributed by atoms with van der Waals surface area (Å²) in [6.07, 6.45) is 0. The Hall–Kier alpha value is -3.74. The molecule has 176 valence electrons. The molecule has 0 saturated heterocycles. The van der Waals surface area contributed by atoms with Gasteiger partial charge in [-0.25, -0.2) is 0 Å². The number of rotatable bonds is 8. The molecule has 0 saturated carbocycles. The maximum atomic E-state index is 5.99. The molecular weight excluding hydrogens is 478 g/mol. The summed E-state index contributed by atoms with van der Waals surface area (Å²) in [7, 11) is 1.66. The van der Waals surface area contributed by atoms with E-state index in [0.717, 1.165) is 50.8 Å². The zero-order valence-electron chi connectivity index (χ0n) is 19.1. The van der Waals surface area contributed by atoms with E-state index in [4.69, 9.17) is 9.47 Å². The Kier molecular flexibility index (Phi) is 8.08. The predicted octanol–water partition coefficient (Wildman–Crippen LogP) is 7.45. The van der Waals surface area contributed by atoms with E-state index in [0.29, 0.717) is 0 Å². The van der Waals surface area contributed by atoms with Gasteiger partial charge in [0.15, 0.2) is 11.0 Å². The van der Waals surface area contributed by atoms with Gasteiger partial charge in [0.2, 0.25) is 0 Å². The Bertz CT molecular complexity index is 1360. The van der Waals surface area contributed by atoms with Crippen molar-refractivity contribution in [1.82, 2.24) is 14.8 Å². The molecule has 5 aromatic rings. The number of thioether (sulfide) groups is 1. The molecule has 0 unspecified atom stereocenters. The fourth-order valence-electron chi connectivity index (χ4n) is 3.57. The number of ether oxygens (including phenoxy) is 2. The van der Waals surface area contributed by atoms with Crippen LogP contribution in [0.5, 0.6) is 17.2 Å². The fourth-order valence-corrected chi connectivity index (χ4v) is 4.47. The van der Waals surface area contributed by atoms with Crippen LogP contribution in [0.2, 0.25) is 0 Å². The molecule has 7 heteroatoms. The molecule has 0 aliphatic rings. The first-order valence-electron chi connectivity index (χ1n) is 10.9. The van der Waals surface area contributed by atoms with Gasteiger partial charge >= 0.3 is 0 Å². The minimum atomic E-state index is 0. The van der Waals surface area contributed by atoms with Crippen molar-refractivity contribution in [3.8, 4) is 34.3 Å². The second-order valence-corrected chi connectivity index (χ2v) is 8.50. The van der Waals surface area contributed by atoms with Gasteiger partial charge in [0.1, 0.15) is 17.2 Å². The van der Waals surface area contributed by atoms with Crippen molar-refractivity contribution in [2.75, 3.05) is 7.11 Å². The zero-order chi connectivity index (χ0) is 23.2. The summed E-state index contributed by atoms with van der Waals surface area (Å²) < 4.78 is 13.4. The van der Waals surface area contributed by atoms with Crippen molar-refractivity contribution < 1.29 is 9.47 Å². The first-order valence-corrected chi connectivity index (χ1v) is 11.9. The van der Waals surface area contributed by atoms with Crippen LogP contribution in [-0.4, -0.2) is 21.9 Å². The molecule has 5 rings (SSSR count). The molecule has 0 amide bonds. The van der Waals surface area contributed by atoms with Gasteiger partial charge in [-0.1, -0.05) is 60.3 Å². The van der Waals surface area contributed by atoms with Crippen LogP contribution in [0.3, 0.4) is 0 Å². The number of methoxy groups -OCH3 is 1. The summed E-state index contributed by atoms with van der Waals surface area (Å²) in [5.74, 6) is 3.96. The van der Waals surface area contributed by atoms with Crippen LogP contribution < -0.4 is 9.47 Å². The van der Waals surface area contributed by atoms with Gasteiger partial charge in [0, 0.05) is 17.0 Å². The van der Waals surface area contributed by atoms with E-state index in [2.05, 4.69) is 39.0 Å². The Labute approximate surface area is 215 Å². The lowest BCUT2D eigenvalue weighted by Crippen LogP contribution is -1.99. The van der Waals surface area contributed by atoms with Crippen LogP contribution in [-0.2, 0) is 5.75 Å². The van der Waals surface area contributed by atoms with Gasteiger partial charge in [-0.3, -0.25) is 4.57 Å². The van der Waals surface area contributed by atoms with Crippen molar-refractivity contribution in [2.24, 2.45) is 0 Å². The monoisotopic (exact) mass is 501 g/mol. The van der Waals surface area contributed by atoms with E-state index >= 15 is 0 Å². The molecule has 0 atom stereocenters. The molecule has 5 nitrogen and oxygen atoms in total. The number of nitrogens with zero attached hydrogens (tertiary/aromatic N) is 3. The minimum absolute atomic E-state index is 0. The normalized spacial score (nSPS) is 10.4. The summed E-state index contributed by atoms with van der Waals surface area (Å²) in [5.41, 5.74) is 3.14. The summed E-state index contributed by atoms with van der Waals surface area (Å²) in [6, 6.07) is 36.0. The third kappa shape index (κ3) is 5.85. The number of hydrogen-bond acceptors (Lipinski definition) is 5.